The number of hydrogen-bond donors (Lipinski definition) is 0. The average Bonchev–Trinajstić information content (AvgIpc) is 2.46. The van der Waals surface area contributed by atoms with Crippen molar-refractivity contribution in [1.82, 2.24) is 0 Å². The highest BCUT2D eigenvalue weighted by molar-refractivity contribution is 5.58. The molecule has 1 nitrogen and oxygen atoms in total. The molecule has 1 unspecified atom stereocenters. The van der Waals surface area contributed by atoms with Gasteiger partial charge in [0, 0.05) is 12.4 Å². The number of hydrogen-bond acceptors (Lipinski definition) is 1. The highest BCUT2D eigenvalue weighted by Gasteiger charge is 2.12. The molecule has 0 saturated heterocycles. The van der Waals surface area contributed by atoms with Gasteiger partial charge in [-0.05, 0) is 68.2 Å². The quantitative estimate of drug-likeness (QED) is 0.553. The topological polar surface area (TPSA) is 12.4 Å². The average molecular weight is 273 g/mol. The molecule has 0 aliphatic heterocycles. The molecule has 1 aromatic carbocycles. The molecule has 1 aromatic rings. The third kappa shape index (κ3) is 5.73. The van der Waals surface area contributed by atoms with Crippen LogP contribution < -0.4 is 0 Å². The van der Waals surface area contributed by atoms with E-state index in [9.17, 15) is 0 Å². The fourth-order valence-corrected chi connectivity index (χ4v) is 2.43. The van der Waals surface area contributed by atoms with Crippen LogP contribution in [-0.2, 0) is 0 Å². The predicted octanol–water partition coefficient (Wildman–Crippen LogP) is 6.13. The molecule has 112 valence electrons. The third-order valence-corrected chi connectivity index (χ3v) is 3.67. The van der Waals surface area contributed by atoms with Crippen LogP contribution in [0.15, 0.2) is 29.9 Å². The summed E-state index contributed by atoms with van der Waals surface area (Å²) >= 11 is 0. The molecule has 0 saturated carbocycles. The fourth-order valence-electron chi connectivity index (χ4n) is 2.43. The van der Waals surface area contributed by atoms with Crippen molar-refractivity contribution in [2.24, 2.45) is 4.99 Å². The molecule has 1 atom stereocenters. The summed E-state index contributed by atoms with van der Waals surface area (Å²) < 4.78 is 0. The zero-order chi connectivity index (χ0) is 15.5. The van der Waals surface area contributed by atoms with Gasteiger partial charge < -0.3 is 0 Å². The van der Waals surface area contributed by atoms with Gasteiger partial charge in [0.15, 0.2) is 0 Å². The van der Waals surface area contributed by atoms with Gasteiger partial charge in [-0.1, -0.05) is 39.5 Å². The van der Waals surface area contributed by atoms with E-state index in [1.54, 1.807) is 6.20 Å². The third-order valence-electron chi connectivity index (χ3n) is 3.67. The molecular weight excluding hydrogens is 242 g/mol. The minimum atomic E-state index is 0.639. The zero-order valence-corrected chi connectivity index (χ0v) is 14.2. The Hall–Kier alpha value is -1.37. The Bertz CT molecular complexity index is 430. The molecule has 1 rings (SSSR count). The highest BCUT2D eigenvalue weighted by atomic mass is 14.6. The molecule has 0 heterocycles. The van der Waals surface area contributed by atoms with E-state index in [-0.39, 0.29) is 0 Å². The first-order chi connectivity index (χ1) is 9.60. The summed E-state index contributed by atoms with van der Waals surface area (Å²) in [5.41, 5.74) is 5.71. The normalized spacial score (nSPS) is 11.9. The first kappa shape index (κ1) is 18.6. The van der Waals surface area contributed by atoms with Crippen molar-refractivity contribution in [2.75, 3.05) is 0 Å². The van der Waals surface area contributed by atoms with E-state index in [4.69, 9.17) is 0 Å². The summed E-state index contributed by atoms with van der Waals surface area (Å²) in [6, 6.07) is 4.68. The van der Waals surface area contributed by atoms with Gasteiger partial charge in [-0.3, -0.25) is 4.99 Å². The van der Waals surface area contributed by atoms with Crippen LogP contribution in [0.2, 0.25) is 0 Å². The fraction of sp³-hybridized carbons (Fsp3) is 0.526. The molecule has 0 aromatic heterocycles. The Morgan fingerprint density at radius 2 is 1.70 bits per heavy atom. The monoisotopic (exact) mass is 273 g/mol. The van der Waals surface area contributed by atoms with Crippen molar-refractivity contribution < 1.29 is 0 Å². The van der Waals surface area contributed by atoms with Crippen LogP contribution >= 0.6 is 0 Å². The Balaban J connectivity index is 0.00000172. The lowest BCUT2D eigenvalue weighted by molar-refractivity contribution is 0.620. The van der Waals surface area contributed by atoms with E-state index in [1.807, 2.05) is 20.1 Å². The standard InChI is InChI=1S/C17H25N.C2H6/c1-6-16(9-8-10-18-7-2)17-12-14(4)13(3)11-15(17)5;1-2/h7,10-12,16H,2,6,8-9H2,1,3-5H3;1-2H3. The van der Waals surface area contributed by atoms with E-state index in [0.29, 0.717) is 5.92 Å². The summed E-state index contributed by atoms with van der Waals surface area (Å²) in [4.78, 5) is 4.06. The van der Waals surface area contributed by atoms with Crippen LogP contribution in [0.4, 0.5) is 0 Å². The minimum absolute atomic E-state index is 0.639. The Kier molecular flexibility index (Phi) is 9.71. The Morgan fingerprint density at radius 1 is 1.10 bits per heavy atom. The van der Waals surface area contributed by atoms with Crippen LogP contribution in [0, 0.1) is 20.8 Å². The van der Waals surface area contributed by atoms with E-state index >= 15 is 0 Å². The molecule has 0 fully saturated rings. The van der Waals surface area contributed by atoms with Crippen molar-refractivity contribution in [3.05, 3.63) is 47.2 Å². The molecule has 1 heteroatoms. The van der Waals surface area contributed by atoms with E-state index in [2.05, 4.69) is 51.4 Å². The van der Waals surface area contributed by atoms with Crippen LogP contribution in [0.1, 0.15) is 68.2 Å². The van der Waals surface area contributed by atoms with E-state index in [0.717, 1.165) is 12.8 Å². The van der Waals surface area contributed by atoms with Crippen molar-refractivity contribution >= 4 is 6.21 Å². The second-order valence-electron chi connectivity index (χ2n) is 4.99. The molecule has 0 N–H and O–H groups in total. The summed E-state index contributed by atoms with van der Waals surface area (Å²) in [5, 5.41) is 0. The minimum Gasteiger partial charge on any atom is -0.270 e. The summed E-state index contributed by atoms with van der Waals surface area (Å²) in [6.45, 7) is 16.5. The molecule has 0 amide bonds. The summed E-state index contributed by atoms with van der Waals surface area (Å²) in [5.74, 6) is 0.639. The van der Waals surface area contributed by atoms with Crippen molar-refractivity contribution in [1.29, 1.82) is 0 Å². The largest absolute Gasteiger partial charge is 0.270 e. The van der Waals surface area contributed by atoms with Gasteiger partial charge >= 0.3 is 0 Å². The summed E-state index contributed by atoms with van der Waals surface area (Å²) in [7, 11) is 0. The lowest BCUT2D eigenvalue weighted by Gasteiger charge is -2.18. The van der Waals surface area contributed by atoms with Gasteiger partial charge in [0.1, 0.15) is 0 Å². The first-order valence-corrected chi connectivity index (χ1v) is 7.80. The number of aliphatic imine (C=N–C) groups is 1. The molecule has 0 aliphatic carbocycles. The number of benzene rings is 1. The van der Waals surface area contributed by atoms with Gasteiger partial charge in [0.2, 0.25) is 0 Å². The molecular formula is C19H31N. The van der Waals surface area contributed by atoms with Gasteiger partial charge in [0.05, 0.1) is 0 Å². The number of rotatable bonds is 6. The Morgan fingerprint density at radius 3 is 2.25 bits per heavy atom. The van der Waals surface area contributed by atoms with Crippen LogP contribution in [0.5, 0.6) is 0 Å². The lowest BCUT2D eigenvalue weighted by Crippen LogP contribution is -2.02. The summed E-state index contributed by atoms with van der Waals surface area (Å²) in [6.07, 6.45) is 6.94. The van der Waals surface area contributed by atoms with Crippen LogP contribution in [-0.4, -0.2) is 6.21 Å². The maximum absolute atomic E-state index is 4.06. The van der Waals surface area contributed by atoms with Gasteiger partial charge in [0.25, 0.3) is 0 Å². The first-order valence-electron chi connectivity index (χ1n) is 7.80. The van der Waals surface area contributed by atoms with Crippen LogP contribution in [0.3, 0.4) is 0 Å². The maximum Gasteiger partial charge on any atom is 0.0191 e. The van der Waals surface area contributed by atoms with Crippen LogP contribution in [0.25, 0.3) is 0 Å². The molecule has 0 radical (unpaired) electrons. The Labute approximate surface area is 125 Å². The molecule has 20 heavy (non-hydrogen) atoms. The highest BCUT2D eigenvalue weighted by Crippen LogP contribution is 2.29. The lowest BCUT2D eigenvalue weighted by atomic mass is 9.87. The van der Waals surface area contributed by atoms with Gasteiger partial charge in [-0.25, -0.2) is 0 Å². The number of aryl methyl sites for hydroxylation is 3. The second kappa shape index (κ2) is 10.4. The second-order valence-corrected chi connectivity index (χ2v) is 4.99. The SMILES string of the molecule is C=CN=CCCC(CC)c1cc(C)c(C)cc1C.CC. The van der Waals surface area contributed by atoms with E-state index in [1.165, 1.54) is 28.7 Å². The van der Waals surface area contributed by atoms with Gasteiger partial charge in [-0.15, -0.1) is 0 Å². The molecule has 0 aliphatic rings. The van der Waals surface area contributed by atoms with Gasteiger partial charge in [-0.2, -0.15) is 0 Å². The number of nitrogens with zero attached hydrogens (tertiary/aromatic N) is 1. The predicted molar refractivity (Wildman–Crippen MR) is 93.0 cm³/mol. The maximum atomic E-state index is 4.06. The van der Waals surface area contributed by atoms with Crippen molar-refractivity contribution in [3.63, 3.8) is 0 Å². The van der Waals surface area contributed by atoms with Crippen molar-refractivity contribution in [2.45, 2.75) is 66.7 Å². The zero-order valence-electron chi connectivity index (χ0n) is 14.2. The molecule has 0 bridgehead atoms. The van der Waals surface area contributed by atoms with E-state index < -0.39 is 0 Å². The smallest absolute Gasteiger partial charge is 0.0191 e. The van der Waals surface area contributed by atoms with Crippen molar-refractivity contribution in [3.8, 4) is 0 Å². The molecule has 0 spiro atoms.